The van der Waals surface area contributed by atoms with Crippen molar-refractivity contribution in [1.29, 1.82) is 0 Å². The van der Waals surface area contributed by atoms with Gasteiger partial charge in [-0.05, 0) is 45.1 Å². The second kappa shape index (κ2) is 9.77. The van der Waals surface area contributed by atoms with Gasteiger partial charge in [0.1, 0.15) is 0 Å². The quantitative estimate of drug-likeness (QED) is 0.635. The first-order valence-electron chi connectivity index (χ1n) is 8.64. The maximum atomic E-state index is 6.01. The Morgan fingerprint density at radius 2 is 1.74 bits per heavy atom. The van der Waals surface area contributed by atoms with Crippen molar-refractivity contribution in [2.75, 3.05) is 13.6 Å². The van der Waals surface area contributed by atoms with Crippen LogP contribution in [0.2, 0.25) is 0 Å². The van der Waals surface area contributed by atoms with Crippen LogP contribution in [0, 0.1) is 5.92 Å². The number of hydrogen-bond acceptors (Lipinski definition) is 2. The van der Waals surface area contributed by atoms with Gasteiger partial charge < -0.3 is 5.73 Å². The van der Waals surface area contributed by atoms with Crippen LogP contribution >= 0.6 is 0 Å². The average Bonchev–Trinajstić information content (AvgIpc) is 2.47. The third kappa shape index (κ3) is 5.83. The highest BCUT2D eigenvalue weighted by Crippen LogP contribution is 2.30. The van der Waals surface area contributed by atoms with E-state index in [1.807, 2.05) is 0 Å². The lowest BCUT2D eigenvalue weighted by Crippen LogP contribution is -2.45. The minimum absolute atomic E-state index is 0.611. The van der Waals surface area contributed by atoms with Crippen molar-refractivity contribution in [1.82, 2.24) is 4.90 Å². The van der Waals surface area contributed by atoms with Crippen LogP contribution in [0.15, 0.2) is 0 Å². The summed E-state index contributed by atoms with van der Waals surface area (Å²) in [4.78, 5) is 2.61. The number of unbranched alkanes of at least 4 members (excludes halogenated alkanes) is 3. The van der Waals surface area contributed by atoms with E-state index in [9.17, 15) is 0 Å². The van der Waals surface area contributed by atoms with Crippen LogP contribution in [-0.2, 0) is 0 Å². The molecule has 1 saturated carbocycles. The topological polar surface area (TPSA) is 29.3 Å². The molecule has 114 valence electrons. The Balaban J connectivity index is 2.30. The Labute approximate surface area is 121 Å². The monoisotopic (exact) mass is 268 g/mol. The molecule has 0 aromatic rings. The zero-order chi connectivity index (χ0) is 14.1. The smallest absolute Gasteiger partial charge is 0.0218 e. The van der Waals surface area contributed by atoms with Crippen LogP contribution in [-0.4, -0.2) is 30.6 Å². The predicted octanol–water partition coefficient (Wildman–Crippen LogP) is 4.18. The zero-order valence-electron chi connectivity index (χ0n) is 13.5. The van der Waals surface area contributed by atoms with Gasteiger partial charge in [0.15, 0.2) is 0 Å². The van der Waals surface area contributed by atoms with Gasteiger partial charge in [0.25, 0.3) is 0 Å². The van der Waals surface area contributed by atoms with E-state index >= 15 is 0 Å². The van der Waals surface area contributed by atoms with E-state index in [0.717, 1.165) is 18.5 Å². The van der Waals surface area contributed by atoms with Crippen LogP contribution in [0.3, 0.4) is 0 Å². The van der Waals surface area contributed by atoms with Crippen molar-refractivity contribution in [3.8, 4) is 0 Å². The SMILES string of the molecule is CCCCCCC(CN)N(C)C1CCC(CC)CC1. The Kier molecular flexibility index (Phi) is 8.72. The first-order valence-corrected chi connectivity index (χ1v) is 8.64. The fraction of sp³-hybridized carbons (Fsp3) is 1.00. The molecule has 1 atom stereocenters. The molecule has 1 aliphatic rings. The Morgan fingerprint density at radius 3 is 2.26 bits per heavy atom. The summed E-state index contributed by atoms with van der Waals surface area (Å²) in [6.07, 6.45) is 13.7. The molecule has 0 heterocycles. The van der Waals surface area contributed by atoms with Crippen LogP contribution < -0.4 is 5.73 Å². The summed E-state index contributed by atoms with van der Waals surface area (Å²) in [6.45, 7) is 5.44. The van der Waals surface area contributed by atoms with Gasteiger partial charge in [-0.3, -0.25) is 4.90 Å². The summed E-state index contributed by atoms with van der Waals surface area (Å²) < 4.78 is 0. The van der Waals surface area contributed by atoms with Crippen molar-refractivity contribution in [3.63, 3.8) is 0 Å². The van der Waals surface area contributed by atoms with Crippen LogP contribution in [0.5, 0.6) is 0 Å². The van der Waals surface area contributed by atoms with Crippen LogP contribution in [0.25, 0.3) is 0 Å². The number of likely N-dealkylation sites (N-methyl/N-ethyl adjacent to an activating group) is 1. The minimum atomic E-state index is 0.611. The van der Waals surface area contributed by atoms with E-state index in [2.05, 4.69) is 25.8 Å². The normalized spacial score (nSPS) is 25.7. The second-order valence-electron chi connectivity index (χ2n) is 6.49. The number of hydrogen-bond donors (Lipinski definition) is 1. The first kappa shape index (κ1) is 17.0. The number of nitrogens with two attached hydrogens (primary N) is 1. The van der Waals surface area contributed by atoms with Crippen LogP contribution in [0.4, 0.5) is 0 Å². The third-order valence-corrected chi connectivity index (χ3v) is 5.21. The lowest BCUT2D eigenvalue weighted by Gasteiger charge is -2.39. The van der Waals surface area contributed by atoms with E-state index in [1.165, 1.54) is 64.2 Å². The molecule has 2 heteroatoms. The molecule has 1 aliphatic carbocycles. The lowest BCUT2D eigenvalue weighted by atomic mass is 9.83. The number of rotatable bonds is 9. The molecule has 0 aromatic carbocycles. The van der Waals surface area contributed by atoms with Gasteiger partial charge in [0.05, 0.1) is 0 Å². The Bertz CT molecular complexity index is 209. The fourth-order valence-electron chi connectivity index (χ4n) is 3.55. The van der Waals surface area contributed by atoms with Crippen molar-refractivity contribution >= 4 is 0 Å². The number of nitrogens with zero attached hydrogens (tertiary/aromatic N) is 1. The van der Waals surface area contributed by atoms with E-state index in [4.69, 9.17) is 5.73 Å². The summed E-state index contributed by atoms with van der Waals surface area (Å²) in [5.74, 6) is 0.991. The Morgan fingerprint density at radius 1 is 1.05 bits per heavy atom. The second-order valence-corrected chi connectivity index (χ2v) is 6.49. The van der Waals surface area contributed by atoms with Gasteiger partial charge in [-0.25, -0.2) is 0 Å². The molecule has 0 aromatic heterocycles. The third-order valence-electron chi connectivity index (χ3n) is 5.21. The maximum absolute atomic E-state index is 6.01. The molecular weight excluding hydrogens is 232 g/mol. The molecule has 1 unspecified atom stereocenters. The summed E-state index contributed by atoms with van der Waals surface area (Å²) in [5, 5.41) is 0. The molecule has 2 nitrogen and oxygen atoms in total. The largest absolute Gasteiger partial charge is 0.329 e. The molecule has 1 rings (SSSR count). The average molecular weight is 268 g/mol. The standard InChI is InChI=1S/C17H36N2/c1-4-6-7-8-9-17(14-18)19(3)16-12-10-15(5-2)11-13-16/h15-17H,4-14,18H2,1-3H3. The molecule has 0 saturated heterocycles. The van der Waals surface area contributed by atoms with E-state index in [0.29, 0.717) is 6.04 Å². The van der Waals surface area contributed by atoms with E-state index in [1.54, 1.807) is 0 Å². The lowest BCUT2D eigenvalue weighted by molar-refractivity contribution is 0.115. The first-order chi connectivity index (χ1) is 9.22. The molecule has 2 N–H and O–H groups in total. The molecule has 0 radical (unpaired) electrons. The maximum Gasteiger partial charge on any atom is 0.0218 e. The molecule has 0 bridgehead atoms. The molecular formula is C17H36N2. The van der Waals surface area contributed by atoms with Gasteiger partial charge in [-0.15, -0.1) is 0 Å². The van der Waals surface area contributed by atoms with Crippen LogP contribution in [0.1, 0.15) is 78.1 Å². The molecule has 0 spiro atoms. The van der Waals surface area contributed by atoms with Gasteiger partial charge >= 0.3 is 0 Å². The molecule has 1 fully saturated rings. The highest BCUT2D eigenvalue weighted by Gasteiger charge is 2.26. The summed E-state index contributed by atoms with van der Waals surface area (Å²) >= 11 is 0. The van der Waals surface area contributed by atoms with Gasteiger partial charge in [0.2, 0.25) is 0 Å². The van der Waals surface area contributed by atoms with Crippen molar-refractivity contribution in [3.05, 3.63) is 0 Å². The van der Waals surface area contributed by atoms with E-state index < -0.39 is 0 Å². The highest BCUT2D eigenvalue weighted by molar-refractivity contribution is 4.82. The van der Waals surface area contributed by atoms with Gasteiger partial charge in [-0.1, -0.05) is 46.0 Å². The molecule has 19 heavy (non-hydrogen) atoms. The molecule has 0 amide bonds. The van der Waals surface area contributed by atoms with E-state index in [-0.39, 0.29) is 0 Å². The van der Waals surface area contributed by atoms with Crippen molar-refractivity contribution < 1.29 is 0 Å². The zero-order valence-corrected chi connectivity index (χ0v) is 13.5. The van der Waals surface area contributed by atoms with Crippen molar-refractivity contribution in [2.24, 2.45) is 11.7 Å². The predicted molar refractivity (Wildman–Crippen MR) is 85.4 cm³/mol. The fourth-order valence-corrected chi connectivity index (χ4v) is 3.55. The molecule has 0 aliphatic heterocycles. The summed E-state index contributed by atoms with van der Waals surface area (Å²) in [5.41, 5.74) is 6.01. The highest BCUT2D eigenvalue weighted by atomic mass is 15.2. The van der Waals surface area contributed by atoms with Gasteiger partial charge in [-0.2, -0.15) is 0 Å². The Hall–Kier alpha value is -0.0800. The van der Waals surface area contributed by atoms with Crippen molar-refractivity contribution in [2.45, 2.75) is 90.1 Å². The summed E-state index contributed by atoms with van der Waals surface area (Å²) in [7, 11) is 2.31. The van der Waals surface area contributed by atoms with Gasteiger partial charge in [0, 0.05) is 18.6 Å². The summed E-state index contributed by atoms with van der Waals surface area (Å²) in [6, 6.07) is 1.41. The minimum Gasteiger partial charge on any atom is -0.329 e.